The number of carbonyl (C=O) groups excluding carboxylic acids is 4. The molecule has 2 aliphatic heterocycles. The third-order valence-corrected chi connectivity index (χ3v) is 5.27. The monoisotopic (exact) mass is 391 g/mol. The maximum Gasteiger partial charge on any atom is 0.262 e. The van der Waals surface area contributed by atoms with Crippen molar-refractivity contribution in [2.45, 2.75) is 26.2 Å². The molecule has 4 rings (SSSR count). The second kappa shape index (κ2) is 7.50. The molecule has 0 unspecified atom stereocenters. The van der Waals surface area contributed by atoms with Gasteiger partial charge in [0.15, 0.2) is 0 Å². The minimum atomic E-state index is -0.458. The third kappa shape index (κ3) is 3.40. The zero-order chi connectivity index (χ0) is 20.5. The molecule has 0 radical (unpaired) electrons. The predicted molar refractivity (Wildman–Crippen MR) is 108 cm³/mol. The Morgan fingerprint density at radius 1 is 1.03 bits per heavy atom. The van der Waals surface area contributed by atoms with Gasteiger partial charge in [-0.25, -0.2) is 0 Å². The molecule has 4 amide bonds. The van der Waals surface area contributed by atoms with Crippen LogP contribution in [0.5, 0.6) is 0 Å². The Balaban J connectivity index is 1.47. The number of nitrogens with zero attached hydrogens (tertiary/aromatic N) is 2. The zero-order valence-electron chi connectivity index (χ0n) is 16.1. The fourth-order valence-corrected chi connectivity index (χ4v) is 3.85. The molecule has 0 atom stereocenters. The van der Waals surface area contributed by atoms with E-state index in [0.717, 1.165) is 29.0 Å². The van der Waals surface area contributed by atoms with Crippen molar-refractivity contribution in [2.24, 2.45) is 0 Å². The first-order valence-corrected chi connectivity index (χ1v) is 9.68. The lowest BCUT2D eigenvalue weighted by molar-refractivity contribution is -0.118. The number of imide groups is 1. The van der Waals surface area contributed by atoms with Crippen LogP contribution < -0.4 is 10.2 Å². The quantitative estimate of drug-likeness (QED) is 0.812. The molecule has 148 valence electrons. The van der Waals surface area contributed by atoms with Crippen LogP contribution in [-0.4, -0.2) is 41.6 Å². The topological polar surface area (TPSA) is 86.8 Å². The van der Waals surface area contributed by atoms with Gasteiger partial charge >= 0.3 is 0 Å². The average Bonchev–Trinajstić information content (AvgIpc) is 2.97. The predicted octanol–water partition coefficient (Wildman–Crippen LogP) is 2.61. The minimum absolute atomic E-state index is 0.0772. The second-order valence-electron chi connectivity index (χ2n) is 7.14. The number of carbonyl (C=O) groups is 4. The number of benzene rings is 2. The summed E-state index contributed by atoms with van der Waals surface area (Å²) in [6.45, 7) is 2.19. The lowest BCUT2D eigenvalue weighted by Crippen LogP contribution is -2.37. The van der Waals surface area contributed by atoms with E-state index in [0.29, 0.717) is 29.8 Å². The van der Waals surface area contributed by atoms with Gasteiger partial charge in [-0.2, -0.15) is 0 Å². The molecule has 29 heavy (non-hydrogen) atoms. The van der Waals surface area contributed by atoms with E-state index in [4.69, 9.17) is 0 Å². The van der Waals surface area contributed by atoms with Crippen LogP contribution in [0.2, 0.25) is 0 Å². The Morgan fingerprint density at radius 3 is 2.38 bits per heavy atom. The van der Waals surface area contributed by atoms with Gasteiger partial charge in [0.2, 0.25) is 11.8 Å². The number of nitrogens with one attached hydrogen (secondary N) is 1. The van der Waals surface area contributed by atoms with Gasteiger partial charge in [0, 0.05) is 24.3 Å². The first kappa shape index (κ1) is 18.9. The Hall–Kier alpha value is -3.48. The van der Waals surface area contributed by atoms with E-state index in [9.17, 15) is 19.2 Å². The summed E-state index contributed by atoms with van der Waals surface area (Å²) in [6.07, 6.45) is 2.13. The van der Waals surface area contributed by atoms with E-state index < -0.39 is 17.7 Å². The zero-order valence-corrected chi connectivity index (χ0v) is 16.1. The highest BCUT2D eigenvalue weighted by atomic mass is 16.2. The highest BCUT2D eigenvalue weighted by Gasteiger charge is 2.36. The molecule has 2 aromatic carbocycles. The number of amides is 4. The standard InChI is InChI=1S/C22H21N3O4/c1-2-20(27)24-11-5-6-14-12-15(9-10-18(14)24)23-19(26)13-25-21(28)16-7-3-4-8-17(16)22(25)29/h3-4,7-10,12H,2,5-6,11,13H2,1H3,(H,23,26). The summed E-state index contributed by atoms with van der Waals surface area (Å²) in [4.78, 5) is 52.1. The maximum atomic E-state index is 12.5. The fourth-order valence-electron chi connectivity index (χ4n) is 3.85. The molecule has 0 bridgehead atoms. The van der Waals surface area contributed by atoms with Gasteiger partial charge in [0.1, 0.15) is 6.54 Å². The van der Waals surface area contributed by atoms with Gasteiger partial charge in [-0.1, -0.05) is 19.1 Å². The SMILES string of the molecule is CCC(=O)N1CCCc2cc(NC(=O)CN3C(=O)c4ccccc4C3=O)ccc21. The molecule has 1 N–H and O–H groups in total. The smallest absolute Gasteiger partial charge is 0.262 e. The molecule has 7 nitrogen and oxygen atoms in total. The largest absolute Gasteiger partial charge is 0.325 e. The molecule has 0 saturated heterocycles. The molecule has 2 aliphatic rings. The van der Waals surface area contributed by atoms with E-state index in [2.05, 4.69) is 5.32 Å². The third-order valence-electron chi connectivity index (χ3n) is 5.27. The molecule has 0 aliphatic carbocycles. The van der Waals surface area contributed by atoms with Crippen LogP contribution in [0.15, 0.2) is 42.5 Å². The summed E-state index contributed by atoms with van der Waals surface area (Å²) in [6, 6.07) is 12.0. The second-order valence-corrected chi connectivity index (χ2v) is 7.14. The maximum absolute atomic E-state index is 12.5. The molecule has 0 aromatic heterocycles. The van der Waals surface area contributed by atoms with E-state index in [1.165, 1.54) is 0 Å². The average molecular weight is 391 g/mol. The molecule has 0 saturated carbocycles. The summed E-state index contributed by atoms with van der Waals surface area (Å²) in [5.41, 5.74) is 3.09. The fraction of sp³-hybridized carbons (Fsp3) is 0.273. The number of hydrogen-bond acceptors (Lipinski definition) is 4. The van der Waals surface area contributed by atoms with Crippen LogP contribution in [0.3, 0.4) is 0 Å². The number of hydrogen-bond donors (Lipinski definition) is 1. The first-order chi connectivity index (χ1) is 14.0. The van der Waals surface area contributed by atoms with Crippen LogP contribution in [0.1, 0.15) is 46.0 Å². The highest BCUT2D eigenvalue weighted by molar-refractivity contribution is 6.22. The minimum Gasteiger partial charge on any atom is -0.325 e. The lowest BCUT2D eigenvalue weighted by Gasteiger charge is -2.29. The number of aryl methyl sites for hydroxylation is 1. The van der Waals surface area contributed by atoms with Gasteiger partial charge in [0.25, 0.3) is 11.8 Å². The van der Waals surface area contributed by atoms with Gasteiger partial charge in [-0.3, -0.25) is 24.1 Å². The van der Waals surface area contributed by atoms with Crippen LogP contribution in [0.4, 0.5) is 11.4 Å². The molecule has 2 aromatic rings. The summed E-state index contributed by atoms with van der Waals surface area (Å²) in [7, 11) is 0. The summed E-state index contributed by atoms with van der Waals surface area (Å²) >= 11 is 0. The van der Waals surface area contributed by atoms with Crippen LogP contribution >= 0.6 is 0 Å². The van der Waals surface area contributed by atoms with E-state index in [1.54, 1.807) is 35.2 Å². The first-order valence-electron chi connectivity index (χ1n) is 9.68. The van der Waals surface area contributed by atoms with Crippen LogP contribution in [0.25, 0.3) is 0 Å². The Morgan fingerprint density at radius 2 is 1.72 bits per heavy atom. The van der Waals surface area contributed by atoms with E-state index in [-0.39, 0.29) is 12.5 Å². The van der Waals surface area contributed by atoms with Crippen molar-refractivity contribution < 1.29 is 19.2 Å². The van der Waals surface area contributed by atoms with Crippen LogP contribution in [0, 0.1) is 0 Å². The Labute approximate surface area is 168 Å². The number of fused-ring (bicyclic) bond motifs is 2. The number of anilines is 2. The van der Waals surface area contributed by atoms with Crippen molar-refractivity contribution in [3.8, 4) is 0 Å². The van der Waals surface area contributed by atoms with E-state index >= 15 is 0 Å². The molecule has 0 spiro atoms. The van der Waals surface area contributed by atoms with Crippen molar-refractivity contribution in [3.05, 3.63) is 59.2 Å². The summed E-state index contributed by atoms with van der Waals surface area (Å²) in [5.74, 6) is -1.29. The lowest BCUT2D eigenvalue weighted by atomic mass is 10.0. The summed E-state index contributed by atoms with van der Waals surface area (Å²) < 4.78 is 0. The molecular weight excluding hydrogens is 370 g/mol. The highest BCUT2D eigenvalue weighted by Crippen LogP contribution is 2.30. The molecule has 2 heterocycles. The van der Waals surface area contributed by atoms with Crippen molar-refractivity contribution in [2.75, 3.05) is 23.3 Å². The Bertz CT molecular complexity index is 995. The van der Waals surface area contributed by atoms with Gasteiger partial charge in [-0.05, 0) is 48.7 Å². The Kier molecular flexibility index (Phi) is 4.88. The van der Waals surface area contributed by atoms with Gasteiger partial charge in [0.05, 0.1) is 11.1 Å². The van der Waals surface area contributed by atoms with Gasteiger partial charge < -0.3 is 10.2 Å². The molecule has 0 fully saturated rings. The van der Waals surface area contributed by atoms with Crippen molar-refractivity contribution in [3.63, 3.8) is 0 Å². The van der Waals surface area contributed by atoms with Gasteiger partial charge in [-0.15, -0.1) is 0 Å². The van der Waals surface area contributed by atoms with Crippen LogP contribution in [-0.2, 0) is 16.0 Å². The van der Waals surface area contributed by atoms with Crippen molar-refractivity contribution in [1.29, 1.82) is 0 Å². The van der Waals surface area contributed by atoms with E-state index in [1.807, 2.05) is 19.1 Å². The molecular formula is C22H21N3O4. The molecule has 7 heteroatoms. The number of rotatable bonds is 4. The summed E-state index contributed by atoms with van der Waals surface area (Å²) in [5, 5.41) is 2.76. The van der Waals surface area contributed by atoms with Crippen molar-refractivity contribution >= 4 is 35.0 Å². The normalized spacial score (nSPS) is 15.2. The van der Waals surface area contributed by atoms with Crippen molar-refractivity contribution in [1.82, 2.24) is 4.90 Å².